The molecule has 1 aromatic rings. The predicted molar refractivity (Wildman–Crippen MR) is 36.0 cm³/mol. The van der Waals surface area contributed by atoms with Gasteiger partial charge in [0.15, 0.2) is 5.82 Å². The summed E-state index contributed by atoms with van der Waals surface area (Å²) in [5.74, 6) is 0.565. The Morgan fingerprint density at radius 2 is 2.40 bits per heavy atom. The Labute approximate surface area is 59.0 Å². The van der Waals surface area contributed by atoms with Crippen molar-refractivity contribution in [3.63, 3.8) is 0 Å². The van der Waals surface area contributed by atoms with Gasteiger partial charge in [0.05, 0.1) is 5.54 Å². The molecule has 1 rings (SSSR count). The van der Waals surface area contributed by atoms with Gasteiger partial charge in [-0.15, -0.1) is 10.2 Å². The minimum atomic E-state index is -0.451. The van der Waals surface area contributed by atoms with E-state index in [2.05, 4.69) is 20.6 Å². The van der Waals surface area contributed by atoms with E-state index < -0.39 is 5.54 Å². The molecule has 0 bridgehead atoms. The molecule has 3 N–H and O–H groups in total. The molecule has 0 spiro atoms. The number of H-pyrrole nitrogens is 1. The van der Waals surface area contributed by atoms with Crippen molar-refractivity contribution in [3.05, 3.63) is 5.82 Å². The highest BCUT2D eigenvalue weighted by Crippen LogP contribution is 2.14. The molecular formula is C5H11N5. The highest BCUT2D eigenvalue weighted by atomic mass is 15.5. The molecule has 0 fully saturated rings. The molecular weight excluding hydrogens is 130 g/mol. The summed E-state index contributed by atoms with van der Waals surface area (Å²) in [6.07, 6.45) is 0.798. The minimum absolute atomic E-state index is 0.451. The molecule has 0 radical (unpaired) electrons. The van der Waals surface area contributed by atoms with Crippen LogP contribution in [0.15, 0.2) is 0 Å². The van der Waals surface area contributed by atoms with Crippen LogP contribution in [-0.2, 0) is 5.54 Å². The second kappa shape index (κ2) is 2.34. The number of nitrogens with zero attached hydrogens (tertiary/aromatic N) is 3. The van der Waals surface area contributed by atoms with E-state index in [1.165, 1.54) is 0 Å². The Balaban J connectivity index is 2.85. The second-order valence-corrected chi connectivity index (χ2v) is 2.51. The van der Waals surface area contributed by atoms with E-state index in [0.29, 0.717) is 5.82 Å². The van der Waals surface area contributed by atoms with Gasteiger partial charge in [-0.3, -0.25) is 0 Å². The number of rotatable bonds is 2. The Kier molecular flexibility index (Phi) is 1.67. The van der Waals surface area contributed by atoms with E-state index in [9.17, 15) is 0 Å². The molecule has 56 valence electrons. The SMILES string of the molecule is CCC(C)(N)c1nn[nH]n1. The fourth-order valence-electron chi connectivity index (χ4n) is 0.562. The van der Waals surface area contributed by atoms with Gasteiger partial charge in [-0.1, -0.05) is 12.1 Å². The number of aromatic amines is 1. The van der Waals surface area contributed by atoms with Crippen molar-refractivity contribution in [2.45, 2.75) is 25.8 Å². The first-order valence-corrected chi connectivity index (χ1v) is 3.19. The molecule has 0 saturated heterocycles. The first-order valence-electron chi connectivity index (χ1n) is 3.19. The molecule has 0 aromatic carbocycles. The number of nitrogens with one attached hydrogen (secondary N) is 1. The summed E-state index contributed by atoms with van der Waals surface area (Å²) in [4.78, 5) is 0. The molecule has 0 aliphatic carbocycles. The van der Waals surface area contributed by atoms with Crippen LogP contribution in [-0.4, -0.2) is 20.6 Å². The van der Waals surface area contributed by atoms with E-state index >= 15 is 0 Å². The zero-order valence-electron chi connectivity index (χ0n) is 6.13. The molecule has 5 heteroatoms. The molecule has 10 heavy (non-hydrogen) atoms. The van der Waals surface area contributed by atoms with Gasteiger partial charge in [-0.2, -0.15) is 5.21 Å². The summed E-state index contributed by atoms with van der Waals surface area (Å²) < 4.78 is 0. The first-order chi connectivity index (χ1) is 4.67. The summed E-state index contributed by atoms with van der Waals surface area (Å²) in [6.45, 7) is 3.86. The Hall–Kier alpha value is -0.970. The van der Waals surface area contributed by atoms with E-state index in [1.807, 2.05) is 13.8 Å². The molecule has 1 atom stereocenters. The van der Waals surface area contributed by atoms with Gasteiger partial charge < -0.3 is 5.73 Å². The lowest BCUT2D eigenvalue weighted by molar-refractivity contribution is 0.446. The second-order valence-electron chi connectivity index (χ2n) is 2.51. The lowest BCUT2D eigenvalue weighted by Gasteiger charge is -2.16. The minimum Gasteiger partial charge on any atom is -0.319 e. The van der Waals surface area contributed by atoms with Crippen LogP contribution in [0.25, 0.3) is 0 Å². The number of hydrogen-bond acceptors (Lipinski definition) is 4. The molecule has 0 aliphatic rings. The molecule has 1 aromatic heterocycles. The van der Waals surface area contributed by atoms with Crippen LogP contribution < -0.4 is 5.73 Å². The third-order valence-corrected chi connectivity index (χ3v) is 1.59. The normalized spacial score (nSPS) is 16.7. The molecule has 5 nitrogen and oxygen atoms in total. The zero-order valence-corrected chi connectivity index (χ0v) is 6.13. The summed E-state index contributed by atoms with van der Waals surface area (Å²) in [6, 6.07) is 0. The largest absolute Gasteiger partial charge is 0.319 e. The van der Waals surface area contributed by atoms with Crippen molar-refractivity contribution in [1.29, 1.82) is 0 Å². The predicted octanol–water partition coefficient (Wildman–Crippen LogP) is -0.216. The van der Waals surface area contributed by atoms with Gasteiger partial charge in [-0.25, -0.2) is 0 Å². The molecule has 0 amide bonds. The third-order valence-electron chi connectivity index (χ3n) is 1.59. The highest BCUT2D eigenvalue weighted by Gasteiger charge is 2.22. The molecule has 0 aliphatic heterocycles. The van der Waals surface area contributed by atoms with Crippen molar-refractivity contribution >= 4 is 0 Å². The van der Waals surface area contributed by atoms with Gasteiger partial charge in [0.25, 0.3) is 0 Å². The van der Waals surface area contributed by atoms with Gasteiger partial charge in [0, 0.05) is 0 Å². The van der Waals surface area contributed by atoms with Crippen LogP contribution in [0, 0.1) is 0 Å². The topological polar surface area (TPSA) is 80.5 Å². The molecule has 0 saturated carbocycles. The van der Waals surface area contributed by atoms with E-state index in [1.54, 1.807) is 0 Å². The Morgan fingerprint density at radius 1 is 1.70 bits per heavy atom. The molecule has 1 unspecified atom stereocenters. The van der Waals surface area contributed by atoms with Crippen LogP contribution in [0.4, 0.5) is 0 Å². The maximum atomic E-state index is 5.80. The average molecular weight is 141 g/mol. The van der Waals surface area contributed by atoms with Crippen molar-refractivity contribution in [2.75, 3.05) is 0 Å². The van der Waals surface area contributed by atoms with Crippen molar-refractivity contribution in [1.82, 2.24) is 20.6 Å². The average Bonchev–Trinajstić information content (AvgIpc) is 2.38. The lowest BCUT2D eigenvalue weighted by atomic mass is 10.0. The van der Waals surface area contributed by atoms with Gasteiger partial charge >= 0.3 is 0 Å². The Morgan fingerprint density at radius 3 is 2.80 bits per heavy atom. The van der Waals surface area contributed by atoms with Crippen LogP contribution in [0.5, 0.6) is 0 Å². The van der Waals surface area contributed by atoms with Gasteiger partial charge in [0.1, 0.15) is 0 Å². The standard InChI is InChI=1S/C5H11N5/c1-3-5(2,6)4-7-9-10-8-4/h3,6H2,1-2H3,(H,7,8,9,10). The number of aromatic nitrogens is 4. The first kappa shape index (κ1) is 7.14. The maximum Gasteiger partial charge on any atom is 0.193 e. The van der Waals surface area contributed by atoms with Crippen molar-refractivity contribution in [2.24, 2.45) is 5.73 Å². The van der Waals surface area contributed by atoms with Crippen molar-refractivity contribution in [3.8, 4) is 0 Å². The maximum absolute atomic E-state index is 5.80. The van der Waals surface area contributed by atoms with Crippen LogP contribution in [0.2, 0.25) is 0 Å². The van der Waals surface area contributed by atoms with Crippen LogP contribution >= 0.6 is 0 Å². The monoisotopic (exact) mass is 141 g/mol. The van der Waals surface area contributed by atoms with Crippen LogP contribution in [0.1, 0.15) is 26.1 Å². The highest BCUT2D eigenvalue weighted by molar-refractivity contribution is 4.96. The smallest absolute Gasteiger partial charge is 0.193 e. The zero-order chi connectivity index (χ0) is 7.61. The fourth-order valence-corrected chi connectivity index (χ4v) is 0.562. The van der Waals surface area contributed by atoms with E-state index in [0.717, 1.165) is 6.42 Å². The van der Waals surface area contributed by atoms with Gasteiger partial charge in [-0.05, 0) is 13.3 Å². The van der Waals surface area contributed by atoms with E-state index in [4.69, 9.17) is 5.73 Å². The Bertz CT molecular complexity index is 190. The summed E-state index contributed by atoms with van der Waals surface area (Å²) in [7, 11) is 0. The summed E-state index contributed by atoms with van der Waals surface area (Å²) in [5.41, 5.74) is 5.35. The summed E-state index contributed by atoms with van der Waals surface area (Å²) in [5, 5.41) is 13.4. The van der Waals surface area contributed by atoms with Gasteiger partial charge in [0.2, 0.25) is 0 Å². The lowest BCUT2D eigenvalue weighted by Crippen LogP contribution is -2.33. The van der Waals surface area contributed by atoms with E-state index in [-0.39, 0.29) is 0 Å². The van der Waals surface area contributed by atoms with Crippen molar-refractivity contribution < 1.29 is 0 Å². The number of nitrogens with two attached hydrogens (primary N) is 1. The van der Waals surface area contributed by atoms with Crippen LogP contribution in [0.3, 0.4) is 0 Å². The fraction of sp³-hybridized carbons (Fsp3) is 0.800. The number of tetrazole rings is 1. The quantitative estimate of drug-likeness (QED) is 0.596. The number of hydrogen-bond donors (Lipinski definition) is 2. The summed E-state index contributed by atoms with van der Waals surface area (Å²) >= 11 is 0. The molecule has 1 heterocycles. The third kappa shape index (κ3) is 1.13.